The number of nitrogens with zero attached hydrogens (tertiary/aromatic N) is 5. The highest BCUT2D eigenvalue weighted by molar-refractivity contribution is 5.79. The number of likely N-dealkylation sites (N-methyl/N-ethyl adjacent to an activating group) is 1. The number of hydrogen-bond acceptors (Lipinski definition) is 6. The quantitative estimate of drug-likeness (QED) is 0.474. The number of rotatable bonds is 8. The number of anilines is 1. The van der Waals surface area contributed by atoms with Crippen LogP contribution in [0.25, 0.3) is 0 Å². The Morgan fingerprint density at radius 3 is 2.55 bits per heavy atom. The van der Waals surface area contributed by atoms with Gasteiger partial charge in [-0.3, -0.25) is 4.90 Å². The molecule has 8 heteroatoms. The van der Waals surface area contributed by atoms with E-state index in [1.807, 2.05) is 12.3 Å². The highest BCUT2D eigenvalue weighted by Gasteiger charge is 2.24. The first-order valence-corrected chi connectivity index (χ1v) is 11.8. The zero-order valence-corrected chi connectivity index (χ0v) is 19.8. The molecule has 2 aliphatic rings. The number of aliphatic imine (C=N–C) groups is 1. The lowest BCUT2D eigenvalue weighted by molar-refractivity contribution is 0.00752. The molecule has 2 N–H and O–H groups in total. The molecular formula is C23H41N7O. The molecule has 0 saturated carbocycles. The molecule has 0 radical (unpaired) electrons. The minimum Gasteiger partial charge on any atom is -0.379 e. The number of pyridine rings is 1. The van der Waals surface area contributed by atoms with E-state index in [1.54, 1.807) is 0 Å². The molecule has 31 heavy (non-hydrogen) atoms. The van der Waals surface area contributed by atoms with E-state index >= 15 is 0 Å². The fourth-order valence-corrected chi connectivity index (χ4v) is 4.26. The van der Waals surface area contributed by atoms with Crippen LogP contribution in [0.4, 0.5) is 5.82 Å². The Kier molecular flexibility index (Phi) is 9.36. The molecule has 0 amide bonds. The van der Waals surface area contributed by atoms with Crippen LogP contribution in [0.3, 0.4) is 0 Å². The van der Waals surface area contributed by atoms with Crippen LogP contribution in [-0.2, 0) is 11.3 Å². The predicted molar refractivity (Wildman–Crippen MR) is 128 cm³/mol. The lowest BCUT2D eigenvalue weighted by Crippen LogP contribution is -2.52. The van der Waals surface area contributed by atoms with E-state index in [4.69, 9.17) is 9.73 Å². The normalized spacial score (nSPS) is 20.2. The minimum atomic E-state index is 0.465. The van der Waals surface area contributed by atoms with Crippen LogP contribution in [0.15, 0.2) is 23.3 Å². The maximum absolute atomic E-state index is 5.54. The zero-order valence-electron chi connectivity index (χ0n) is 19.8. The molecule has 0 aliphatic carbocycles. The summed E-state index contributed by atoms with van der Waals surface area (Å²) in [6.45, 7) is 16.9. The van der Waals surface area contributed by atoms with Crippen molar-refractivity contribution in [2.75, 3.05) is 77.5 Å². The fraction of sp³-hybridized carbons (Fsp3) is 0.739. The fourth-order valence-electron chi connectivity index (χ4n) is 4.26. The number of guanidine groups is 1. The monoisotopic (exact) mass is 431 g/mol. The van der Waals surface area contributed by atoms with E-state index in [0.29, 0.717) is 18.5 Å². The highest BCUT2D eigenvalue weighted by atomic mass is 16.5. The van der Waals surface area contributed by atoms with Crippen molar-refractivity contribution in [1.82, 2.24) is 25.4 Å². The standard InChI is InChI=1S/C23H41N7O/c1-5-24-23(27-18-21(19(2)3)29-13-15-31-16-14-29)26-17-20-7-6-8-25-22(20)30-11-9-28(4)10-12-30/h6-8,19,21H,5,9-18H2,1-4H3,(H2,24,26,27). The third-order valence-corrected chi connectivity index (χ3v) is 6.18. The Bertz CT molecular complexity index is 682. The average Bonchev–Trinajstić information content (AvgIpc) is 2.79. The van der Waals surface area contributed by atoms with Crippen molar-refractivity contribution >= 4 is 11.8 Å². The zero-order chi connectivity index (χ0) is 22.1. The van der Waals surface area contributed by atoms with Crippen molar-refractivity contribution in [2.24, 2.45) is 10.9 Å². The van der Waals surface area contributed by atoms with Gasteiger partial charge in [0.05, 0.1) is 19.8 Å². The molecule has 3 heterocycles. The van der Waals surface area contributed by atoms with Gasteiger partial charge >= 0.3 is 0 Å². The van der Waals surface area contributed by atoms with Crippen LogP contribution in [-0.4, -0.2) is 99.4 Å². The Hall–Kier alpha value is -1.90. The van der Waals surface area contributed by atoms with Gasteiger partial charge in [0.15, 0.2) is 5.96 Å². The molecule has 0 aromatic carbocycles. The lowest BCUT2D eigenvalue weighted by Gasteiger charge is -2.37. The Labute approximate surface area is 188 Å². The van der Waals surface area contributed by atoms with Gasteiger partial charge < -0.3 is 25.2 Å². The molecule has 1 unspecified atom stereocenters. The molecule has 8 nitrogen and oxygen atoms in total. The maximum Gasteiger partial charge on any atom is 0.191 e. The van der Waals surface area contributed by atoms with Gasteiger partial charge in [0.2, 0.25) is 0 Å². The van der Waals surface area contributed by atoms with E-state index in [0.717, 1.165) is 77.3 Å². The summed E-state index contributed by atoms with van der Waals surface area (Å²) < 4.78 is 5.54. The van der Waals surface area contributed by atoms with Gasteiger partial charge in [-0.1, -0.05) is 19.9 Å². The van der Waals surface area contributed by atoms with Crippen molar-refractivity contribution in [3.05, 3.63) is 23.9 Å². The largest absolute Gasteiger partial charge is 0.379 e. The maximum atomic E-state index is 5.54. The van der Waals surface area contributed by atoms with E-state index in [-0.39, 0.29) is 0 Å². The molecule has 1 aromatic rings. The summed E-state index contributed by atoms with van der Waals surface area (Å²) in [5, 5.41) is 7.00. The Morgan fingerprint density at radius 1 is 1.13 bits per heavy atom. The van der Waals surface area contributed by atoms with Crippen molar-refractivity contribution in [1.29, 1.82) is 0 Å². The highest BCUT2D eigenvalue weighted by Crippen LogP contribution is 2.19. The van der Waals surface area contributed by atoms with Crippen molar-refractivity contribution in [3.8, 4) is 0 Å². The lowest BCUT2D eigenvalue weighted by atomic mass is 10.0. The van der Waals surface area contributed by atoms with Crippen LogP contribution in [0.1, 0.15) is 26.3 Å². The number of piperazine rings is 1. The number of nitrogens with one attached hydrogen (secondary N) is 2. The molecule has 3 rings (SSSR count). The number of morpholine rings is 1. The summed E-state index contributed by atoms with van der Waals surface area (Å²) >= 11 is 0. The molecule has 0 spiro atoms. The van der Waals surface area contributed by atoms with Crippen molar-refractivity contribution in [2.45, 2.75) is 33.4 Å². The summed E-state index contributed by atoms with van der Waals surface area (Å²) in [6.07, 6.45) is 1.89. The number of hydrogen-bond donors (Lipinski definition) is 2. The minimum absolute atomic E-state index is 0.465. The van der Waals surface area contributed by atoms with Crippen LogP contribution < -0.4 is 15.5 Å². The first-order valence-electron chi connectivity index (χ1n) is 11.8. The molecular weight excluding hydrogens is 390 g/mol. The summed E-state index contributed by atoms with van der Waals surface area (Å²) in [7, 11) is 2.18. The van der Waals surface area contributed by atoms with Gasteiger partial charge in [0, 0.05) is 70.2 Å². The van der Waals surface area contributed by atoms with Gasteiger partial charge in [-0.05, 0) is 26.0 Å². The van der Waals surface area contributed by atoms with Gasteiger partial charge in [-0.25, -0.2) is 9.98 Å². The summed E-state index contributed by atoms with van der Waals surface area (Å²) in [4.78, 5) is 16.9. The van der Waals surface area contributed by atoms with Crippen LogP contribution >= 0.6 is 0 Å². The smallest absolute Gasteiger partial charge is 0.191 e. The van der Waals surface area contributed by atoms with Gasteiger partial charge in [-0.15, -0.1) is 0 Å². The van der Waals surface area contributed by atoms with Crippen LogP contribution in [0, 0.1) is 5.92 Å². The molecule has 2 fully saturated rings. The first-order chi connectivity index (χ1) is 15.1. The van der Waals surface area contributed by atoms with Gasteiger partial charge in [0.25, 0.3) is 0 Å². The second kappa shape index (κ2) is 12.2. The summed E-state index contributed by atoms with van der Waals surface area (Å²) in [5.41, 5.74) is 1.18. The van der Waals surface area contributed by atoms with Crippen molar-refractivity contribution < 1.29 is 4.74 Å². The molecule has 174 valence electrons. The van der Waals surface area contributed by atoms with E-state index in [2.05, 4.69) is 64.2 Å². The van der Waals surface area contributed by atoms with Crippen LogP contribution in [0.5, 0.6) is 0 Å². The third-order valence-electron chi connectivity index (χ3n) is 6.18. The van der Waals surface area contributed by atoms with E-state index in [1.165, 1.54) is 5.56 Å². The summed E-state index contributed by atoms with van der Waals surface area (Å²) in [6, 6.07) is 4.63. The molecule has 2 aliphatic heterocycles. The molecule has 1 aromatic heterocycles. The Morgan fingerprint density at radius 2 is 1.87 bits per heavy atom. The van der Waals surface area contributed by atoms with Crippen molar-refractivity contribution in [3.63, 3.8) is 0 Å². The number of ether oxygens (including phenoxy) is 1. The second-order valence-corrected chi connectivity index (χ2v) is 8.81. The van der Waals surface area contributed by atoms with Gasteiger partial charge in [0.1, 0.15) is 5.82 Å². The number of aromatic nitrogens is 1. The summed E-state index contributed by atoms with van der Waals surface area (Å²) in [5.74, 6) is 2.51. The van der Waals surface area contributed by atoms with E-state index in [9.17, 15) is 0 Å². The first kappa shape index (κ1) is 23.8. The second-order valence-electron chi connectivity index (χ2n) is 8.81. The van der Waals surface area contributed by atoms with Gasteiger partial charge in [-0.2, -0.15) is 0 Å². The molecule has 2 saturated heterocycles. The Balaban J connectivity index is 1.64. The molecule has 1 atom stereocenters. The van der Waals surface area contributed by atoms with Crippen LogP contribution in [0.2, 0.25) is 0 Å². The average molecular weight is 432 g/mol. The topological polar surface area (TPSA) is 68.3 Å². The molecule has 0 bridgehead atoms. The predicted octanol–water partition coefficient (Wildman–Crippen LogP) is 1.25. The van der Waals surface area contributed by atoms with E-state index < -0.39 is 0 Å². The SMILES string of the molecule is CCNC(=NCc1cccnc1N1CCN(C)CC1)NCC(C(C)C)N1CCOCC1. The third kappa shape index (κ3) is 7.05.